The van der Waals surface area contributed by atoms with Crippen molar-refractivity contribution in [2.24, 2.45) is 0 Å². The van der Waals surface area contributed by atoms with Gasteiger partial charge in [0.15, 0.2) is 5.13 Å². The molecule has 0 atom stereocenters. The fraction of sp³-hybridized carbons (Fsp3) is 0. The Hall–Kier alpha value is -0.930. The first-order valence-corrected chi connectivity index (χ1v) is 6.37. The highest BCUT2D eigenvalue weighted by atomic mass is 35.5. The minimum atomic E-state index is -4.67. The van der Waals surface area contributed by atoms with Crippen molar-refractivity contribution in [1.82, 2.24) is 4.98 Å². The Bertz CT molecular complexity index is 587. The number of anilines is 1. The first-order valence-electron chi connectivity index (χ1n) is 3.78. The third-order valence-corrected chi connectivity index (χ3v) is 2.54. The van der Waals surface area contributed by atoms with Crippen molar-refractivity contribution in [2.75, 3.05) is 5.73 Å². The van der Waals surface area contributed by atoms with Crippen LogP contribution in [0.3, 0.4) is 0 Å². The predicted octanol–water partition coefficient (Wildman–Crippen LogP) is 1.88. The van der Waals surface area contributed by atoms with E-state index >= 15 is 0 Å². The largest absolute Gasteiger partial charge is 0.394 e. The van der Waals surface area contributed by atoms with Crippen molar-refractivity contribution < 1.29 is 17.5 Å². The molecule has 2 rings (SSSR count). The van der Waals surface area contributed by atoms with Gasteiger partial charge < -0.3 is 5.73 Å². The molecule has 1 aromatic carbocycles. The number of halogens is 1. The fourth-order valence-corrected chi connectivity index (χ4v) is 1.97. The van der Waals surface area contributed by atoms with E-state index in [2.05, 4.69) is 4.98 Å². The van der Waals surface area contributed by atoms with Gasteiger partial charge in [0.2, 0.25) is 0 Å². The molecule has 0 aliphatic carbocycles. The summed E-state index contributed by atoms with van der Waals surface area (Å²) in [5.41, 5.74) is 6.31. The summed E-state index contributed by atoms with van der Waals surface area (Å²) >= 11 is 7.31. The van der Waals surface area contributed by atoms with E-state index in [1.807, 2.05) is 18.2 Å². The minimum absolute atomic E-state index is 0.563. The van der Waals surface area contributed by atoms with Crippen LogP contribution in [0.25, 0.3) is 10.2 Å². The number of aromatic nitrogens is 1. The number of nitrogens with zero attached hydrogens (tertiary/aromatic N) is 1. The SMILES string of the molecule is Nc1nc2c(Cl)cccc2s1.O=S(=O)(O)O. The molecule has 0 saturated heterocycles. The lowest BCUT2D eigenvalue weighted by Gasteiger charge is -1.87. The Kier molecular flexibility index (Phi) is 4.05. The summed E-state index contributed by atoms with van der Waals surface area (Å²) in [6.07, 6.45) is 0. The van der Waals surface area contributed by atoms with Crippen molar-refractivity contribution >= 4 is 48.7 Å². The highest BCUT2D eigenvalue weighted by molar-refractivity contribution is 7.79. The van der Waals surface area contributed by atoms with E-state index in [0.29, 0.717) is 10.2 Å². The summed E-state index contributed by atoms with van der Waals surface area (Å²) in [6.45, 7) is 0. The molecule has 0 unspecified atom stereocenters. The van der Waals surface area contributed by atoms with Gasteiger partial charge in [0.05, 0.1) is 9.72 Å². The molecule has 0 aliphatic rings. The van der Waals surface area contributed by atoms with Gasteiger partial charge in [-0.25, -0.2) is 4.98 Å². The van der Waals surface area contributed by atoms with E-state index in [1.54, 1.807) is 0 Å². The van der Waals surface area contributed by atoms with Crippen molar-refractivity contribution in [1.29, 1.82) is 0 Å². The zero-order valence-corrected chi connectivity index (χ0v) is 10.1. The van der Waals surface area contributed by atoms with Gasteiger partial charge in [0, 0.05) is 0 Å². The number of benzene rings is 1. The van der Waals surface area contributed by atoms with E-state index in [1.165, 1.54) is 11.3 Å². The van der Waals surface area contributed by atoms with Gasteiger partial charge in [-0.1, -0.05) is 29.0 Å². The second-order valence-corrected chi connectivity index (χ2v) is 4.95. The molecule has 0 amide bonds. The maximum atomic E-state index is 8.74. The van der Waals surface area contributed by atoms with E-state index in [4.69, 9.17) is 34.9 Å². The first kappa shape index (κ1) is 13.1. The number of fused-ring (bicyclic) bond motifs is 1. The molecule has 6 nitrogen and oxygen atoms in total. The summed E-state index contributed by atoms with van der Waals surface area (Å²) in [5.74, 6) is 0. The second kappa shape index (κ2) is 4.93. The predicted molar refractivity (Wildman–Crippen MR) is 63.2 cm³/mol. The number of hydrogen-bond donors (Lipinski definition) is 3. The molecule has 2 aromatic rings. The van der Waals surface area contributed by atoms with Crippen LogP contribution in [0.1, 0.15) is 0 Å². The monoisotopic (exact) mass is 282 g/mol. The summed E-state index contributed by atoms with van der Waals surface area (Å²) in [4.78, 5) is 4.08. The molecule has 1 heterocycles. The molecule has 4 N–H and O–H groups in total. The highest BCUT2D eigenvalue weighted by Crippen LogP contribution is 2.28. The maximum absolute atomic E-state index is 8.74. The van der Waals surface area contributed by atoms with Gasteiger partial charge in [-0.05, 0) is 12.1 Å². The smallest absolute Gasteiger partial charge is 0.375 e. The van der Waals surface area contributed by atoms with E-state index < -0.39 is 10.4 Å². The van der Waals surface area contributed by atoms with Crippen LogP contribution in [0.4, 0.5) is 5.13 Å². The van der Waals surface area contributed by atoms with E-state index in [0.717, 1.165) is 10.2 Å². The summed E-state index contributed by atoms with van der Waals surface area (Å²) in [5, 5.41) is 1.23. The van der Waals surface area contributed by atoms with Crippen LogP contribution in [0.15, 0.2) is 18.2 Å². The molecular formula is C7H7ClN2O4S2. The molecular weight excluding hydrogens is 276 g/mol. The Morgan fingerprint density at radius 1 is 1.38 bits per heavy atom. The van der Waals surface area contributed by atoms with Crippen LogP contribution >= 0.6 is 22.9 Å². The molecule has 0 saturated carbocycles. The third kappa shape index (κ3) is 4.29. The summed E-state index contributed by atoms with van der Waals surface area (Å²) < 4.78 is 32.6. The molecule has 0 aliphatic heterocycles. The van der Waals surface area contributed by atoms with Crippen LogP contribution in [-0.4, -0.2) is 22.5 Å². The lowest BCUT2D eigenvalue weighted by molar-refractivity contribution is 0.381. The van der Waals surface area contributed by atoms with Gasteiger partial charge >= 0.3 is 10.4 Å². The van der Waals surface area contributed by atoms with Gasteiger partial charge in [-0.15, -0.1) is 0 Å². The molecule has 0 spiro atoms. The minimum Gasteiger partial charge on any atom is -0.375 e. The Balaban J connectivity index is 0.000000221. The summed E-state index contributed by atoms with van der Waals surface area (Å²) in [7, 11) is -4.67. The van der Waals surface area contributed by atoms with Crippen LogP contribution in [0, 0.1) is 0 Å². The Morgan fingerprint density at radius 2 is 1.94 bits per heavy atom. The summed E-state index contributed by atoms with van der Waals surface area (Å²) in [6, 6.07) is 5.65. The molecule has 1 aromatic heterocycles. The third-order valence-electron chi connectivity index (χ3n) is 1.39. The van der Waals surface area contributed by atoms with Crippen molar-refractivity contribution in [3.8, 4) is 0 Å². The fourth-order valence-electron chi connectivity index (χ4n) is 0.932. The standard InChI is InChI=1S/C7H5ClN2S.H2O4S/c8-4-2-1-3-5-6(4)10-7(9)11-5;1-5(2,3)4/h1-3H,(H2,9,10);(H2,1,2,3,4). The second-order valence-electron chi connectivity index (χ2n) is 2.59. The normalized spacial score (nSPS) is 10.9. The first-order chi connectivity index (χ1) is 7.27. The van der Waals surface area contributed by atoms with Gasteiger partial charge in [-0.3, -0.25) is 9.11 Å². The number of nitrogen functional groups attached to an aromatic ring is 1. The molecule has 9 heteroatoms. The Labute approximate surface area is 100 Å². The van der Waals surface area contributed by atoms with Crippen LogP contribution in [0.2, 0.25) is 5.02 Å². The van der Waals surface area contributed by atoms with Crippen LogP contribution < -0.4 is 5.73 Å². The average Bonchev–Trinajstić information content (AvgIpc) is 2.44. The van der Waals surface area contributed by atoms with Crippen LogP contribution in [-0.2, 0) is 10.4 Å². The lowest BCUT2D eigenvalue weighted by Crippen LogP contribution is -1.89. The maximum Gasteiger partial charge on any atom is 0.394 e. The quantitative estimate of drug-likeness (QED) is 0.636. The number of rotatable bonds is 0. The van der Waals surface area contributed by atoms with Gasteiger partial charge in [-0.2, -0.15) is 8.42 Å². The number of nitrogens with two attached hydrogens (primary N) is 1. The van der Waals surface area contributed by atoms with E-state index in [9.17, 15) is 0 Å². The molecule has 16 heavy (non-hydrogen) atoms. The van der Waals surface area contributed by atoms with Crippen LogP contribution in [0.5, 0.6) is 0 Å². The zero-order chi connectivity index (χ0) is 12.3. The van der Waals surface area contributed by atoms with Crippen molar-refractivity contribution in [3.63, 3.8) is 0 Å². The van der Waals surface area contributed by atoms with Crippen molar-refractivity contribution in [2.45, 2.75) is 0 Å². The van der Waals surface area contributed by atoms with Gasteiger partial charge in [0.25, 0.3) is 0 Å². The molecule has 0 radical (unpaired) electrons. The zero-order valence-electron chi connectivity index (χ0n) is 7.66. The lowest BCUT2D eigenvalue weighted by atomic mass is 10.3. The number of hydrogen-bond acceptors (Lipinski definition) is 5. The number of para-hydroxylation sites is 1. The van der Waals surface area contributed by atoms with Crippen molar-refractivity contribution in [3.05, 3.63) is 23.2 Å². The highest BCUT2D eigenvalue weighted by Gasteiger charge is 2.02. The topological polar surface area (TPSA) is 114 Å². The molecule has 88 valence electrons. The number of thiazole rings is 1. The van der Waals surface area contributed by atoms with Gasteiger partial charge in [0.1, 0.15) is 5.52 Å². The molecule has 0 bridgehead atoms. The van der Waals surface area contributed by atoms with E-state index in [-0.39, 0.29) is 0 Å². The average molecular weight is 283 g/mol. The molecule has 0 fully saturated rings. The Morgan fingerprint density at radius 3 is 2.44 bits per heavy atom.